The van der Waals surface area contributed by atoms with E-state index in [1.165, 1.54) is 0 Å². The molecule has 0 saturated carbocycles. The van der Waals surface area contributed by atoms with Crippen molar-refractivity contribution in [3.05, 3.63) is 77.1 Å². The Morgan fingerprint density at radius 2 is 1.76 bits per heavy atom. The van der Waals surface area contributed by atoms with Crippen molar-refractivity contribution < 1.29 is 27.4 Å². The largest absolute Gasteiger partial charge is 0.497 e. The number of methoxy groups -OCH3 is 1. The zero-order valence-electron chi connectivity index (χ0n) is 19.0. The van der Waals surface area contributed by atoms with Crippen molar-refractivity contribution in [3.8, 4) is 11.4 Å². The van der Waals surface area contributed by atoms with Gasteiger partial charge in [-0.1, -0.05) is 29.8 Å². The molecule has 1 saturated heterocycles. The topological polar surface area (TPSA) is 65.4 Å². The summed E-state index contributed by atoms with van der Waals surface area (Å²) in [6, 6.07) is 14.0. The molecule has 1 aromatic heterocycles. The van der Waals surface area contributed by atoms with Crippen LogP contribution in [0.2, 0.25) is 0 Å². The van der Waals surface area contributed by atoms with Crippen LogP contribution in [0.1, 0.15) is 40.0 Å². The van der Waals surface area contributed by atoms with Gasteiger partial charge in [0.15, 0.2) is 5.69 Å². The first-order valence-electron chi connectivity index (χ1n) is 11.0. The molecular weight excluding hydrogens is 447 g/mol. The molecule has 3 aromatic rings. The molecule has 6 nitrogen and oxygen atoms in total. The Balaban J connectivity index is 1.61. The predicted molar refractivity (Wildman–Crippen MR) is 120 cm³/mol. The van der Waals surface area contributed by atoms with Gasteiger partial charge in [-0.3, -0.25) is 4.79 Å². The fourth-order valence-corrected chi connectivity index (χ4v) is 4.29. The van der Waals surface area contributed by atoms with Gasteiger partial charge in [0.2, 0.25) is 0 Å². The third kappa shape index (κ3) is 4.79. The Morgan fingerprint density at radius 1 is 1.12 bits per heavy atom. The van der Waals surface area contributed by atoms with Crippen LogP contribution in [-0.4, -0.2) is 42.6 Å². The van der Waals surface area contributed by atoms with Crippen molar-refractivity contribution in [3.63, 3.8) is 0 Å². The van der Waals surface area contributed by atoms with E-state index in [4.69, 9.17) is 9.47 Å². The van der Waals surface area contributed by atoms with E-state index in [1.54, 1.807) is 31.4 Å². The molecule has 0 radical (unpaired) electrons. The van der Waals surface area contributed by atoms with Crippen LogP contribution >= 0.6 is 0 Å². The molecular formula is C25H26F3N3O3. The van der Waals surface area contributed by atoms with Crippen LogP contribution in [0.15, 0.2) is 54.7 Å². The maximum atomic E-state index is 14.0. The van der Waals surface area contributed by atoms with Gasteiger partial charge in [-0.25, -0.2) is 4.68 Å². The summed E-state index contributed by atoms with van der Waals surface area (Å²) in [5.41, 5.74) is 0.0531. The van der Waals surface area contributed by atoms with Gasteiger partial charge in [0.1, 0.15) is 5.75 Å². The van der Waals surface area contributed by atoms with Gasteiger partial charge in [-0.2, -0.15) is 18.3 Å². The Bertz CT molecular complexity index is 1130. The van der Waals surface area contributed by atoms with Crippen LogP contribution in [0.5, 0.6) is 5.75 Å². The zero-order valence-corrected chi connectivity index (χ0v) is 19.0. The molecule has 4 rings (SSSR count). The quantitative estimate of drug-likeness (QED) is 0.564. The van der Waals surface area contributed by atoms with E-state index in [0.29, 0.717) is 31.8 Å². The van der Waals surface area contributed by atoms with Crippen LogP contribution in [-0.2, 0) is 16.3 Å². The number of nitrogens with zero attached hydrogens (tertiary/aromatic N) is 2. The van der Waals surface area contributed by atoms with Crippen molar-refractivity contribution in [1.29, 1.82) is 0 Å². The lowest BCUT2D eigenvalue weighted by atomic mass is 9.74. The maximum Gasteiger partial charge on any atom is 0.434 e. The van der Waals surface area contributed by atoms with Crippen LogP contribution in [0.25, 0.3) is 5.69 Å². The van der Waals surface area contributed by atoms with E-state index in [1.807, 2.05) is 31.2 Å². The number of rotatable bonds is 6. The number of ether oxygens (including phenoxy) is 2. The molecule has 0 bridgehead atoms. The maximum absolute atomic E-state index is 14.0. The van der Waals surface area contributed by atoms with E-state index in [2.05, 4.69) is 10.4 Å². The average Bonchev–Trinajstić information content (AvgIpc) is 3.30. The number of aromatic nitrogens is 2. The molecule has 0 aliphatic carbocycles. The molecule has 0 spiro atoms. The fraction of sp³-hybridized carbons (Fsp3) is 0.360. The van der Waals surface area contributed by atoms with Crippen LogP contribution in [0.3, 0.4) is 0 Å². The minimum absolute atomic E-state index is 0.175. The standard InChI is InChI=1S/C25H26F3N3O3/c1-17-3-7-19(8-4-17)31-22(25(26,27)28)21(15-30-31)23(32)29-16-24(11-13-34-14-12-24)18-5-9-20(33-2)10-6-18/h3-10,15H,11-14,16H2,1-2H3,(H,29,32). The number of halogens is 3. The third-order valence-corrected chi connectivity index (χ3v) is 6.30. The lowest BCUT2D eigenvalue weighted by molar-refractivity contribution is -0.143. The second-order valence-corrected chi connectivity index (χ2v) is 8.46. The summed E-state index contributed by atoms with van der Waals surface area (Å²) in [7, 11) is 1.58. The van der Waals surface area contributed by atoms with Crippen molar-refractivity contribution >= 4 is 5.91 Å². The number of hydrogen-bond acceptors (Lipinski definition) is 4. The summed E-state index contributed by atoms with van der Waals surface area (Å²) < 4.78 is 53.5. The van der Waals surface area contributed by atoms with Crippen LogP contribution < -0.4 is 10.1 Å². The van der Waals surface area contributed by atoms with Crippen molar-refractivity contribution in [2.45, 2.75) is 31.4 Å². The molecule has 34 heavy (non-hydrogen) atoms. The highest BCUT2D eigenvalue weighted by Gasteiger charge is 2.41. The fourth-order valence-electron chi connectivity index (χ4n) is 4.29. The van der Waals surface area contributed by atoms with E-state index in [0.717, 1.165) is 22.0 Å². The van der Waals surface area contributed by atoms with Crippen LogP contribution in [0.4, 0.5) is 13.2 Å². The molecule has 9 heteroatoms. The number of nitrogens with one attached hydrogen (secondary N) is 1. The average molecular weight is 473 g/mol. The first kappa shape index (κ1) is 23.8. The summed E-state index contributed by atoms with van der Waals surface area (Å²) >= 11 is 0. The van der Waals surface area contributed by atoms with Gasteiger partial charge in [-0.15, -0.1) is 0 Å². The number of hydrogen-bond donors (Lipinski definition) is 1. The molecule has 2 heterocycles. The summed E-state index contributed by atoms with van der Waals surface area (Å²) in [5.74, 6) is -0.113. The molecule has 1 fully saturated rings. The number of carbonyl (C=O) groups is 1. The lowest BCUT2D eigenvalue weighted by Gasteiger charge is -2.38. The molecule has 180 valence electrons. The first-order valence-corrected chi connectivity index (χ1v) is 11.0. The minimum atomic E-state index is -4.76. The Hall–Kier alpha value is -3.33. The molecule has 2 aromatic carbocycles. The van der Waals surface area contributed by atoms with E-state index in [-0.39, 0.29) is 12.2 Å². The Kier molecular flexibility index (Phi) is 6.65. The van der Waals surface area contributed by atoms with Crippen molar-refractivity contribution in [2.24, 2.45) is 0 Å². The van der Waals surface area contributed by atoms with Crippen molar-refractivity contribution in [1.82, 2.24) is 15.1 Å². The molecule has 0 atom stereocenters. The smallest absolute Gasteiger partial charge is 0.434 e. The molecule has 1 aliphatic rings. The van der Waals surface area contributed by atoms with Gasteiger partial charge in [0.05, 0.1) is 24.6 Å². The third-order valence-electron chi connectivity index (χ3n) is 6.30. The number of aryl methyl sites for hydroxylation is 1. The normalized spacial score (nSPS) is 15.7. The Morgan fingerprint density at radius 3 is 2.35 bits per heavy atom. The molecule has 0 unspecified atom stereocenters. The zero-order chi connectivity index (χ0) is 24.3. The lowest BCUT2D eigenvalue weighted by Crippen LogP contribution is -2.44. The summed E-state index contributed by atoms with van der Waals surface area (Å²) in [6.45, 7) is 3.02. The van der Waals surface area contributed by atoms with E-state index in [9.17, 15) is 18.0 Å². The van der Waals surface area contributed by atoms with Crippen LogP contribution in [0, 0.1) is 6.92 Å². The van der Waals surface area contributed by atoms with Gasteiger partial charge < -0.3 is 14.8 Å². The summed E-state index contributed by atoms with van der Waals surface area (Å²) in [5, 5.41) is 6.64. The highest BCUT2D eigenvalue weighted by atomic mass is 19.4. The van der Waals surface area contributed by atoms with Gasteiger partial charge in [-0.05, 0) is 49.6 Å². The number of benzene rings is 2. The second-order valence-electron chi connectivity index (χ2n) is 8.46. The van der Waals surface area contributed by atoms with Gasteiger partial charge in [0, 0.05) is 25.2 Å². The van der Waals surface area contributed by atoms with Gasteiger partial charge in [0.25, 0.3) is 5.91 Å². The van der Waals surface area contributed by atoms with E-state index < -0.39 is 28.8 Å². The van der Waals surface area contributed by atoms with E-state index >= 15 is 0 Å². The highest BCUT2D eigenvalue weighted by Crippen LogP contribution is 2.36. The minimum Gasteiger partial charge on any atom is -0.497 e. The highest BCUT2D eigenvalue weighted by molar-refractivity contribution is 5.95. The summed E-state index contributed by atoms with van der Waals surface area (Å²) in [4.78, 5) is 13.0. The van der Waals surface area contributed by atoms with Crippen molar-refractivity contribution in [2.75, 3.05) is 26.9 Å². The predicted octanol–water partition coefficient (Wildman–Crippen LogP) is 4.69. The number of alkyl halides is 3. The monoisotopic (exact) mass is 473 g/mol. The molecule has 1 amide bonds. The first-order chi connectivity index (χ1) is 16.2. The second kappa shape index (κ2) is 9.50. The number of carbonyl (C=O) groups excluding carboxylic acids is 1. The molecule has 1 aliphatic heterocycles. The number of amides is 1. The van der Waals surface area contributed by atoms with Gasteiger partial charge >= 0.3 is 6.18 Å². The summed E-state index contributed by atoms with van der Waals surface area (Å²) in [6.07, 6.45) is -2.52. The SMILES string of the molecule is COc1ccc(C2(CNC(=O)c3cnn(-c4ccc(C)cc4)c3C(F)(F)F)CCOCC2)cc1. The molecule has 1 N–H and O–H groups in total. The Labute approximate surface area is 195 Å².